The molecule has 3 rings (SSSR count). The van der Waals surface area contributed by atoms with E-state index in [4.69, 9.17) is 15.2 Å². The minimum absolute atomic E-state index is 0.00947. The molecule has 7 nitrogen and oxygen atoms in total. The molecule has 0 fully saturated rings. The van der Waals surface area contributed by atoms with E-state index in [1.807, 2.05) is 0 Å². The molecule has 28 heavy (non-hydrogen) atoms. The molecule has 2 N–H and O–H groups in total. The number of thiophene rings is 1. The Bertz CT molecular complexity index is 1070. The Morgan fingerprint density at radius 2 is 1.96 bits per heavy atom. The lowest BCUT2D eigenvalue weighted by Gasteiger charge is -2.19. The number of nitrogens with zero attached hydrogens (tertiary/aromatic N) is 2. The van der Waals surface area contributed by atoms with Crippen molar-refractivity contribution in [3.05, 3.63) is 45.7 Å². The number of alkyl halides is 1. The van der Waals surface area contributed by atoms with Crippen molar-refractivity contribution in [1.82, 2.24) is 9.78 Å². The van der Waals surface area contributed by atoms with Crippen molar-refractivity contribution in [3.63, 3.8) is 0 Å². The number of rotatable bonds is 5. The van der Waals surface area contributed by atoms with E-state index < -0.39 is 23.8 Å². The Morgan fingerprint density at radius 1 is 1.29 bits per heavy atom. The van der Waals surface area contributed by atoms with E-state index >= 15 is 0 Å². The number of nitrogens with two attached hydrogens (primary N) is 1. The summed E-state index contributed by atoms with van der Waals surface area (Å²) in [5.74, 6) is -0.190. The second-order valence-electron chi connectivity index (χ2n) is 6.99. The van der Waals surface area contributed by atoms with Crippen molar-refractivity contribution >= 4 is 33.1 Å². The average Bonchev–Trinajstić information content (AvgIpc) is 3.01. The first-order chi connectivity index (χ1) is 13.2. The predicted octanol–water partition coefficient (Wildman–Crippen LogP) is 3.33. The monoisotopic (exact) mass is 405 g/mol. The Kier molecular flexibility index (Phi) is 5.37. The molecule has 0 saturated carbocycles. The summed E-state index contributed by atoms with van der Waals surface area (Å²) in [6.07, 6.45) is 0. The molecule has 0 amide bonds. The van der Waals surface area contributed by atoms with E-state index in [1.54, 1.807) is 50.4 Å². The summed E-state index contributed by atoms with van der Waals surface area (Å²) in [5.41, 5.74) is 5.23. The summed E-state index contributed by atoms with van der Waals surface area (Å²) in [7, 11) is 0. The van der Waals surface area contributed by atoms with E-state index in [-0.39, 0.29) is 17.7 Å². The maximum absolute atomic E-state index is 12.9. The summed E-state index contributed by atoms with van der Waals surface area (Å²) in [4.78, 5) is 25.6. The quantitative estimate of drug-likeness (QED) is 0.654. The number of anilines is 1. The highest BCUT2D eigenvalue weighted by molar-refractivity contribution is 7.15. The van der Waals surface area contributed by atoms with Gasteiger partial charge in [0, 0.05) is 10.8 Å². The first-order valence-corrected chi connectivity index (χ1v) is 9.42. The molecule has 148 valence electrons. The number of ether oxygens (including phenoxy) is 2. The van der Waals surface area contributed by atoms with Crippen LogP contribution < -0.4 is 16.0 Å². The summed E-state index contributed by atoms with van der Waals surface area (Å²) < 4.78 is 24.0. The van der Waals surface area contributed by atoms with Crippen LogP contribution in [0.3, 0.4) is 0 Å². The lowest BCUT2D eigenvalue weighted by atomic mass is 10.2. The highest BCUT2D eigenvalue weighted by atomic mass is 32.1. The number of benzene rings is 1. The molecule has 0 aliphatic carbocycles. The summed E-state index contributed by atoms with van der Waals surface area (Å²) in [5, 5.41) is 6.74. The van der Waals surface area contributed by atoms with Crippen molar-refractivity contribution in [2.75, 3.05) is 19.0 Å². The number of hydrogen-bond donors (Lipinski definition) is 1. The van der Waals surface area contributed by atoms with Gasteiger partial charge in [-0.1, -0.05) is 0 Å². The van der Waals surface area contributed by atoms with Gasteiger partial charge in [0.1, 0.15) is 24.6 Å². The van der Waals surface area contributed by atoms with E-state index in [2.05, 4.69) is 5.10 Å². The molecule has 3 aromatic rings. The molecule has 0 atom stereocenters. The number of hydrogen-bond acceptors (Lipinski definition) is 7. The first-order valence-electron chi connectivity index (χ1n) is 8.54. The standard InChI is InChI=1S/C19H20FN3O4S/c1-19(2,3)27-18(25)15-13-10-28-16(21)14(13)17(24)23(22-15)11-4-6-12(7-5-11)26-9-8-20/h4-7,10H,8-9,21H2,1-3H3. The fourth-order valence-electron chi connectivity index (χ4n) is 2.57. The fourth-order valence-corrected chi connectivity index (χ4v) is 3.35. The maximum atomic E-state index is 12.9. The SMILES string of the molecule is CC(C)(C)OC(=O)c1nn(-c2ccc(OCCF)cc2)c(=O)c2c(N)scc12. The third-order valence-corrected chi connectivity index (χ3v) is 4.51. The van der Waals surface area contributed by atoms with Gasteiger partial charge < -0.3 is 15.2 Å². The number of nitrogen functional groups attached to an aromatic ring is 1. The molecular formula is C19H20FN3O4S. The number of halogens is 1. The van der Waals surface area contributed by atoms with Crippen molar-refractivity contribution in [1.29, 1.82) is 0 Å². The topological polar surface area (TPSA) is 96.4 Å². The summed E-state index contributed by atoms with van der Waals surface area (Å²) >= 11 is 1.16. The highest BCUT2D eigenvalue weighted by Crippen LogP contribution is 2.28. The molecule has 0 bridgehead atoms. The fraction of sp³-hybridized carbons (Fsp3) is 0.316. The largest absolute Gasteiger partial charge is 0.491 e. The normalized spacial score (nSPS) is 11.6. The summed E-state index contributed by atoms with van der Waals surface area (Å²) in [6, 6.07) is 6.37. The molecule has 1 aromatic carbocycles. The van der Waals surface area contributed by atoms with Crippen LogP contribution in [0.4, 0.5) is 9.39 Å². The summed E-state index contributed by atoms with van der Waals surface area (Å²) in [6.45, 7) is 4.58. The van der Waals surface area contributed by atoms with Gasteiger partial charge in [-0.3, -0.25) is 4.79 Å². The second-order valence-corrected chi connectivity index (χ2v) is 7.90. The molecule has 0 saturated heterocycles. The number of aromatic nitrogens is 2. The van der Waals surface area contributed by atoms with Crippen LogP contribution in [-0.2, 0) is 4.74 Å². The van der Waals surface area contributed by atoms with Crippen molar-refractivity contribution in [3.8, 4) is 11.4 Å². The molecule has 0 spiro atoms. The predicted molar refractivity (Wildman–Crippen MR) is 106 cm³/mol. The van der Waals surface area contributed by atoms with Crippen LogP contribution in [0.1, 0.15) is 31.3 Å². The van der Waals surface area contributed by atoms with Crippen molar-refractivity contribution < 1.29 is 18.7 Å². The zero-order valence-corrected chi connectivity index (χ0v) is 16.5. The van der Waals surface area contributed by atoms with Crippen LogP contribution in [0.15, 0.2) is 34.4 Å². The zero-order chi connectivity index (χ0) is 20.5. The Morgan fingerprint density at radius 3 is 2.57 bits per heavy atom. The van der Waals surface area contributed by atoms with E-state index in [1.165, 1.54) is 0 Å². The number of carbonyl (C=O) groups excluding carboxylic acids is 1. The minimum Gasteiger partial charge on any atom is -0.491 e. The average molecular weight is 405 g/mol. The van der Waals surface area contributed by atoms with Crippen LogP contribution in [0, 0.1) is 0 Å². The van der Waals surface area contributed by atoms with Gasteiger partial charge in [-0.25, -0.2) is 9.18 Å². The van der Waals surface area contributed by atoms with Crippen LogP contribution in [0.5, 0.6) is 5.75 Å². The number of esters is 1. The smallest absolute Gasteiger partial charge is 0.360 e. The number of carbonyl (C=O) groups is 1. The third kappa shape index (κ3) is 3.99. The van der Waals surface area contributed by atoms with Gasteiger partial charge in [-0.05, 0) is 45.0 Å². The number of fused-ring (bicyclic) bond motifs is 1. The van der Waals surface area contributed by atoms with Crippen LogP contribution in [0.2, 0.25) is 0 Å². The van der Waals surface area contributed by atoms with Gasteiger partial charge in [-0.2, -0.15) is 9.78 Å². The molecule has 0 radical (unpaired) electrons. The molecule has 2 aromatic heterocycles. The van der Waals surface area contributed by atoms with Crippen molar-refractivity contribution in [2.24, 2.45) is 0 Å². The van der Waals surface area contributed by atoms with E-state index in [0.717, 1.165) is 16.0 Å². The van der Waals surface area contributed by atoms with Crippen molar-refractivity contribution in [2.45, 2.75) is 26.4 Å². The molecule has 0 aliphatic rings. The maximum Gasteiger partial charge on any atom is 0.360 e. The van der Waals surface area contributed by atoms with Gasteiger partial charge in [0.05, 0.1) is 16.1 Å². The second kappa shape index (κ2) is 7.59. The molecule has 2 heterocycles. The molecule has 0 unspecified atom stereocenters. The lowest BCUT2D eigenvalue weighted by Crippen LogP contribution is -2.28. The Labute approximate surface area is 164 Å². The Hall–Kier alpha value is -2.94. The minimum atomic E-state index is -0.719. The van der Waals surface area contributed by atoms with Gasteiger partial charge >= 0.3 is 5.97 Å². The van der Waals surface area contributed by atoms with E-state index in [0.29, 0.717) is 21.8 Å². The van der Waals surface area contributed by atoms with Crippen LogP contribution in [-0.4, -0.2) is 34.6 Å². The highest BCUT2D eigenvalue weighted by Gasteiger charge is 2.25. The van der Waals surface area contributed by atoms with Gasteiger partial charge in [-0.15, -0.1) is 11.3 Å². The molecule has 0 aliphatic heterocycles. The van der Waals surface area contributed by atoms with Crippen LogP contribution >= 0.6 is 11.3 Å². The Balaban J connectivity index is 2.13. The van der Waals surface area contributed by atoms with Gasteiger partial charge in [0.2, 0.25) is 0 Å². The third-order valence-electron chi connectivity index (χ3n) is 3.70. The van der Waals surface area contributed by atoms with E-state index in [9.17, 15) is 14.0 Å². The molecule has 9 heteroatoms. The first kappa shape index (κ1) is 19.8. The van der Waals surface area contributed by atoms with Gasteiger partial charge in [0.15, 0.2) is 5.69 Å². The van der Waals surface area contributed by atoms with Crippen LogP contribution in [0.25, 0.3) is 16.5 Å². The lowest BCUT2D eigenvalue weighted by molar-refractivity contribution is 0.00634. The molecular weight excluding hydrogens is 385 g/mol. The van der Waals surface area contributed by atoms with Gasteiger partial charge in [0.25, 0.3) is 5.56 Å². The zero-order valence-electron chi connectivity index (χ0n) is 15.7.